The molecule has 136 valence electrons. The van der Waals surface area contributed by atoms with Crippen LogP contribution in [0.1, 0.15) is 12.8 Å². The molecule has 0 atom stereocenters. The van der Waals surface area contributed by atoms with Gasteiger partial charge in [0.15, 0.2) is 6.61 Å². The van der Waals surface area contributed by atoms with Crippen LogP contribution in [-0.4, -0.2) is 31.5 Å². The number of piperidine rings is 1. The van der Waals surface area contributed by atoms with Crippen LogP contribution in [0.15, 0.2) is 54.6 Å². The number of amides is 2. The van der Waals surface area contributed by atoms with Gasteiger partial charge in [0.2, 0.25) is 5.91 Å². The number of carbonyl (C=O) groups is 2. The van der Waals surface area contributed by atoms with Gasteiger partial charge in [0.05, 0.1) is 0 Å². The van der Waals surface area contributed by atoms with Gasteiger partial charge in [-0.3, -0.25) is 9.59 Å². The van der Waals surface area contributed by atoms with Gasteiger partial charge < -0.3 is 20.7 Å². The summed E-state index contributed by atoms with van der Waals surface area (Å²) in [4.78, 5) is 24.4. The summed E-state index contributed by atoms with van der Waals surface area (Å²) >= 11 is 0. The van der Waals surface area contributed by atoms with Crippen molar-refractivity contribution in [1.82, 2.24) is 5.32 Å². The summed E-state index contributed by atoms with van der Waals surface area (Å²) in [6, 6.07) is 16.3. The first-order valence-corrected chi connectivity index (χ1v) is 8.80. The minimum atomic E-state index is -0.254. The third-order valence-electron chi connectivity index (χ3n) is 4.24. The Morgan fingerprint density at radius 3 is 2.38 bits per heavy atom. The Morgan fingerprint density at radius 1 is 0.962 bits per heavy atom. The number of ether oxygens (including phenoxy) is 1. The van der Waals surface area contributed by atoms with E-state index in [1.165, 1.54) is 0 Å². The third kappa shape index (κ3) is 5.32. The molecule has 1 aliphatic heterocycles. The van der Waals surface area contributed by atoms with E-state index in [0.29, 0.717) is 17.1 Å². The van der Waals surface area contributed by atoms with Gasteiger partial charge in [0, 0.05) is 17.3 Å². The Balaban J connectivity index is 1.51. The predicted molar refractivity (Wildman–Crippen MR) is 101 cm³/mol. The highest BCUT2D eigenvalue weighted by Crippen LogP contribution is 2.19. The molecule has 26 heavy (non-hydrogen) atoms. The van der Waals surface area contributed by atoms with E-state index in [1.54, 1.807) is 30.3 Å². The Labute approximate surface area is 152 Å². The van der Waals surface area contributed by atoms with E-state index in [1.807, 2.05) is 24.3 Å². The number of hydrogen-bond donors (Lipinski definition) is 3. The third-order valence-corrected chi connectivity index (χ3v) is 4.24. The zero-order valence-corrected chi connectivity index (χ0v) is 14.5. The van der Waals surface area contributed by atoms with E-state index < -0.39 is 0 Å². The zero-order valence-electron chi connectivity index (χ0n) is 14.5. The van der Waals surface area contributed by atoms with Gasteiger partial charge in [0.1, 0.15) is 5.75 Å². The minimum Gasteiger partial charge on any atom is -0.484 e. The molecule has 1 fully saturated rings. The molecule has 2 aromatic rings. The van der Waals surface area contributed by atoms with Crippen LogP contribution in [0.3, 0.4) is 0 Å². The molecule has 3 rings (SSSR count). The molecule has 0 bridgehead atoms. The number of carbonyl (C=O) groups excluding carboxylic acids is 2. The fourth-order valence-corrected chi connectivity index (χ4v) is 2.87. The average Bonchev–Trinajstić information content (AvgIpc) is 2.68. The van der Waals surface area contributed by atoms with Crippen molar-refractivity contribution in [3.8, 4) is 5.75 Å². The summed E-state index contributed by atoms with van der Waals surface area (Å²) in [6.07, 6.45) is 1.69. The molecule has 0 saturated carbocycles. The lowest BCUT2D eigenvalue weighted by molar-refractivity contribution is -0.120. The van der Waals surface area contributed by atoms with Crippen LogP contribution >= 0.6 is 0 Å². The predicted octanol–water partition coefficient (Wildman–Crippen LogP) is 2.64. The Bertz CT molecular complexity index is 743. The number of hydrogen-bond acceptors (Lipinski definition) is 4. The van der Waals surface area contributed by atoms with Crippen molar-refractivity contribution >= 4 is 23.2 Å². The van der Waals surface area contributed by atoms with E-state index in [9.17, 15) is 9.59 Å². The van der Waals surface area contributed by atoms with Gasteiger partial charge in [0.25, 0.3) is 5.91 Å². The summed E-state index contributed by atoms with van der Waals surface area (Å²) in [5, 5.41) is 8.96. The fourth-order valence-electron chi connectivity index (χ4n) is 2.87. The Morgan fingerprint density at radius 2 is 1.65 bits per heavy atom. The molecule has 6 heteroatoms. The van der Waals surface area contributed by atoms with E-state index >= 15 is 0 Å². The van der Waals surface area contributed by atoms with E-state index in [2.05, 4.69) is 16.0 Å². The molecular weight excluding hydrogens is 330 g/mol. The first kappa shape index (κ1) is 17.9. The zero-order chi connectivity index (χ0) is 18.2. The lowest BCUT2D eigenvalue weighted by Crippen LogP contribution is -2.34. The van der Waals surface area contributed by atoms with Crippen LogP contribution in [0.25, 0.3) is 0 Å². The highest BCUT2D eigenvalue weighted by Gasteiger charge is 2.20. The van der Waals surface area contributed by atoms with E-state index in [-0.39, 0.29) is 24.3 Å². The molecule has 3 N–H and O–H groups in total. The van der Waals surface area contributed by atoms with E-state index in [4.69, 9.17) is 4.74 Å². The highest BCUT2D eigenvalue weighted by atomic mass is 16.5. The lowest BCUT2D eigenvalue weighted by Gasteiger charge is -2.21. The maximum absolute atomic E-state index is 12.3. The molecule has 0 aromatic heterocycles. The number of rotatable bonds is 6. The molecule has 2 amide bonds. The summed E-state index contributed by atoms with van der Waals surface area (Å²) < 4.78 is 5.43. The second-order valence-corrected chi connectivity index (χ2v) is 6.24. The van der Waals surface area contributed by atoms with Crippen LogP contribution in [0.4, 0.5) is 11.4 Å². The number of anilines is 2. The highest BCUT2D eigenvalue weighted by molar-refractivity contribution is 5.95. The molecular formula is C20H23N3O3. The Hall–Kier alpha value is -2.86. The maximum atomic E-state index is 12.3. The van der Waals surface area contributed by atoms with Crippen LogP contribution in [0.5, 0.6) is 5.75 Å². The van der Waals surface area contributed by atoms with Crippen LogP contribution < -0.4 is 20.7 Å². The Kier molecular flexibility index (Phi) is 6.22. The minimum absolute atomic E-state index is 0.0300. The maximum Gasteiger partial charge on any atom is 0.262 e. The van der Waals surface area contributed by atoms with Gasteiger partial charge >= 0.3 is 0 Å². The van der Waals surface area contributed by atoms with Gasteiger partial charge in [-0.05, 0) is 56.3 Å². The van der Waals surface area contributed by atoms with Crippen LogP contribution in [0.2, 0.25) is 0 Å². The largest absolute Gasteiger partial charge is 0.484 e. The van der Waals surface area contributed by atoms with Gasteiger partial charge in [-0.15, -0.1) is 0 Å². The van der Waals surface area contributed by atoms with Gasteiger partial charge in [-0.2, -0.15) is 0 Å². The van der Waals surface area contributed by atoms with Gasteiger partial charge in [-0.1, -0.05) is 24.3 Å². The van der Waals surface area contributed by atoms with Crippen molar-refractivity contribution in [2.45, 2.75) is 12.8 Å². The smallest absolute Gasteiger partial charge is 0.262 e. The molecule has 6 nitrogen and oxygen atoms in total. The molecule has 0 aliphatic carbocycles. The second-order valence-electron chi connectivity index (χ2n) is 6.24. The van der Waals surface area contributed by atoms with Crippen molar-refractivity contribution < 1.29 is 14.3 Å². The van der Waals surface area contributed by atoms with Crippen molar-refractivity contribution in [2.24, 2.45) is 5.92 Å². The normalized spacial score (nSPS) is 14.5. The summed E-state index contributed by atoms with van der Waals surface area (Å²) in [5.74, 6) is 0.456. The average molecular weight is 353 g/mol. The van der Waals surface area contributed by atoms with Gasteiger partial charge in [-0.25, -0.2) is 0 Å². The van der Waals surface area contributed by atoms with Crippen LogP contribution in [0, 0.1) is 5.92 Å². The van der Waals surface area contributed by atoms with E-state index in [0.717, 1.165) is 25.9 Å². The number of nitrogens with one attached hydrogen (secondary N) is 3. The molecule has 2 aromatic carbocycles. The molecule has 0 spiro atoms. The van der Waals surface area contributed by atoms with Crippen molar-refractivity contribution in [1.29, 1.82) is 0 Å². The molecule has 1 heterocycles. The van der Waals surface area contributed by atoms with Crippen molar-refractivity contribution in [3.63, 3.8) is 0 Å². The van der Waals surface area contributed by atoms with Crippen molar-refractivity contribution in [3.05, 3.63) is 54.6 Å². The fraction of sp³-hybridized carbons (Fsp3) is 0.300. The SMILES string of the molecule is O=C(COc1ccccc1)Nc1cccc(NC(=O)C2CCNCC2)c1. The second kappa shape index (κ2) is 9.01. The standard InChI is InChI=1S/C20H23N3O3/c24-19(14-26-18-7-2-1-3-8-18)22-16-5-4-6-17(13-16)23-20(25)15-9-11-21-12-10-15/h1-8,13,15,21H,9-12,14H2,(H,22,24)(H,23,25). The topological polar surface area (TPSA) is 79.5 Å². The summed E-state index contributed by atoms with van der Waals surface area (Å²) in [7, 11) is 0. The molecule has 0 unspecified atom stereocenters. The number of benzene rings is 2. The monoisotopic (exact) mass is 353 g/mol. The van der Waals surface area contributed by atoms with Crippen LogP contribution in [-0.2, 0) is 9.59 Å². The number of para-hydroxylation sites is 1. The first-order chi connectivity index (χ1) is 12.7. The quantitative estimate of drug-likeness (QED) is 0.746. The summed E-state index contributed by atoms with van der Waals surface area (Å²) in [5.41, 5.74) is 1.30. The lowest BCUT2D eigenvalue weighted by atomic mass is 9.97. The molecule has 1 aliphatic rings. The summed E-state index contributed by atoms with van der Waals surface area (Å²) in [6.45, 7) is 1.67. The van der Waals surface area contributed by atoms with Crippen molar-refractivity contribution in [2.75, 3.05) is 30.3 Å². The molecule has 0 radical (unpaired) electrons. The molecule has 1 saturated heterocycles. The first-order valence-electron chi connectivity index (χ1n) is 8.80.